The molecule has 1 N–H and O–H groups in total. The minimum Gasteiger partial charge on any atom is -0.478 e. The summed E-state index contributed by atoms with van der Waals surface area (Å²) in [6.45, 7) is 2.00. The third kappa shape index (κ3) is 3.93. The highest BCUT2D eigenvalue weighted by Crippen LogP contribution is 2.19. The zero-order valence-electron chi connectivity index (χ0n) is 8.77. The molecule has 1 aromatic carbocycles. The van der Waals surface area contributed by atoms with Gasteiger partial charge in [-0.05, 0) is 31.2 Å². The van der Waals surface area contributed by atoms with Crippen LogP contribution in [-0.2, 0) is 4.74 Å². The highest BCUT2D eigenvalue weighted by molar-refractivity contribution is 7.99. The maximum absolute atomic E-state index is 10.6. The van der Waals surface area contributed by atoms with Gasteiger partial charge in [-0.3, -0.25) is 0 Å². The number of aromatic carboxylic acids is 1. The predicted octanol–water partition coefficient (Wildman–Crippen LogP) is 2.51. The molecule has 0 spiro atoms. The number of hydrogen-bond acceptors (Lipinski definition) is 3. The van der Waals surface area contributed by atoms with Crippen LogP contribution in [0.25, 0.3) is 0 Å². The first-order chi connectivity index (χ1) is 7.13. The van der Waals surface area contributed by atoms with Gasteiger partial charge in [-0.15, -0.1) is 11.8 Å². The SMILES string of the molecule is COC(C)CSc1ccc(C(=O)O)cc1. The van der Waals surface area contributed by atoms with Crippen LogP contribution in [0.5, 0.6) is 0 Å². The lowest BCUT2D eigenvalue weighted by Crippen LogP contribution is -2.07. The minimum atomic E-state index is -0.892. The zero-order chi connectivity index (χ0) is 11.3. The van der Waals surface area contributed by atoms with E-state index in [1.54, 1.807) is 31.0 Å². The largest absolute Gasteiger partial charge is 0.478 e. The summed E-state index contributed by atoms with van der Waals surface area (Å²) < 4.78 is 5.12. The van der Waals surface area contributed by atoms with Gasteiger partial charge < -0.3 is 9.84 Å². The Bertz CT molecular complexity index is 321. The molecule has 0 bridgehead atoms. The van der Waals surface area contributed by atoms with E-state index in [4.69, 9.17) is 9.84 Å². The molecule has 0 heterocycles. The van der Waals surface area contributed by atoms with Crippen molar-refractivity contribution in [2.24, 2.45) is 0 Å². The summed E-state index contributed by atoms with van der Waals surface area (Å²) in [5.41, 5.74) is 0.319. The second-order valence-corrected chi connectivity index (χ2v) is 4.28. The molecule has 0 saturated carbocycles. The average Bonchev–Trinajstić information content (AvgIpc) is 2.26. The Balaban J connectivity index is 2.53. The molecule has 0 fully saturated rings. The predicted molar refractivity (Wildman–Crippen MR) is 60.6 cm³/mol. The standard InChI is InChI=1S/C11H14O3S/c1-8(14-2)7-15-10-5-3-9(4-6-10)11(12)13/h3-6,8H,7H2,1-2H3,(H,12,13). The Morgan fingerprint density at radius 1 is 1.47 bits per heavy atom. The monoisotopic (exact) mass is 226 g/mol. The molecule has 0 aromatic heterocycles. The Kier molecular flexibility index (Phi) is 4.65. The lowest BCUT2D eigenvalue weighted by atomic mass is 10.2. The number of hydrogen-bond donors (Lipinski definition) is 1. The number of methoxy groups -OCH3 is 1. The van der Waals surface area contributed by atoms with E-state index in [9.17, 15) is 4.79 Å². The molecule has 1 aromatic rings. The van der Waals surface area contributed by atoms with E-state index in [2.05, 4.69) is 0 Å². The molecule has 0 aliphatic carbocycles. The van der Waals surface area contributed by atoms with Gasteiger partial charge in [0, 0.05) is 17.8 Å². The molecule has 0 saturated heterocycles. The van der Waals surface area contributed by atoms with Crippen molar-refractivity contribution in [3.05, 3.63) is 29.8 Å². The van der Waals surface area contributed by atoms with Gasteiger partial charge >= 0.3 is 5.97 Å². The number of carboxylic acid groups (broad SMARTS) is 1. The highest BCUT2D eigenvalue weighted by Gasteiger charge is 2.03. The molecule has 0 aliphatic heterocycles. The smallest absolute Gasteiger partial charge is 0.335 e. The molecule has 0 radical (unpaired) electrons. The second kappa shape index (κ2) is 5.78. The molecule has 1 unspecified atom stereocenters. The van der Waals surface area contributed by atoms with Crippen LogP contribution >= 0.6 is 11.8 Å². The van der Waals surface area contributed by atoms with Gasteiger partial charge in [0.05, 0.1) is 11.7 Å². The Morgan fingerprint density at radius 2 is 2.07 bits per heavy atom. The van der Waals surface area contributed by atoms with Crippen molar-refractivity contribution < 1.29 is 14.6 Å². The van der Waals surface area contributed by atoms with Crippen LogP contribution in [0.15, 0.2) is 29.2 Å². The van der Waals surface area contributed by atoms with E-state index in [-0.39, 0.29) is 6.10 Å². The number of thioether (sulfide) groups is 1. The number of carbonyl (C=O) groups is 1. The second-order valence-electron chi connectivity index (χ2n) is 3.19. The van der Waals surface area contributed by atoms with Crippen molar-refractivity contribution in [1.29, 1.82) is 0 Å². The van der Waals surface area contributed by atoms with Gasteiger partial charge in [0.15, 0.2) is 0 Å². The summed E-state index contributed by atoms with van der Waals surface area (Å²) in [6.07, 6.45) is 0.203. The fourth-order valence-corrected chi connectivity index (χ4v) is 1.87. The number of rotatable bonds is 5. The quantitative estimate of drug-likeness (QED) is 0.784. The summed E-state index contributed by atoms with van der Waals surface area (Å²) in [7, 11) is 1.68. The van der Waals surface area contributed by atoms with E-state index in [1.807, 2.05) is 19.1 Å². The van der Waals surface area contributed by atoms with Gasteiger partial charge in [-0.1, -0.05) is 0 Å². The summed E-state index contributed by atoms with van der Waals surface area (Å²) in [5.74, 6) is -0.0278. The summed E-state index contributed by atoms with van der Waals surface area (Å²) >= 11 is 1.66. The van der Waals surface area contributed by atoms with Gasteiger partial charge in [0.25, 0.3) is 0 Å². The third-order valence-electron chi connectivity index (χ3n) is 1.99. The first-order valence-corrected chi connectivity index (χ1v) is 5.61. The molecular formula is C11H14O3S. The number of ether oxygens (including phenoxy) is 1. The number of carboxylic acids is 1. The summed E-state index contributed by atoms with van der Waals surface area (Å²) in [6, 6.07) is 6.86. The highest BCUT2D eigenvalue weighted by atomic mass is 32.2. The zero-order valence-corrected chi connectivity index (χ0v) is 9.58. The molecule has 3 nitrogen and oxygen atoms in total. The Hall–Kier alpha value is -1.00. The van der Waals surface area contributed by atoms with Crippen molar-refractivity contribution in [1.82, 2.24) is 0 Å². The molecule has 0 aliphatic rings. The van der Waals surface area contributed by atoms with Crippen molar-refractivity contribution in [2.75, 3.05) is 12.9 Å². The topological polar surface area (TPSA) is 46.5 Å². The maximum Gasteiger partial charge on any atom is 0.335 e. The molecule has 15 heavy (non-hydrogen) atoms. The van der Waals surface area contributed by atoms with Crippen LogP contribution in [0.3, 0.4) is 0 Å². The van der Waals surface area contributed by atoms with E-state index < -0.39 is 5.97 Å². The van der Waals surface area contributed by atoms with Crippen molar-refractivity contribution in [3.8, 4) is 0 Å². The summed E-state index contributed by atoms with van der Waals surface area (Å²) in [4.78, 5) is 11.7. The molecule has 0 amide bonds. The molecule has 1 atom stereocenters. The number of benzene rings is 1. The van der Waals surface area contributed by atoms with Crippen LogP contribution in [0, 0.1) is 0 Å². The minimum absolute atomic E-state index is 0.203. The molecule has 4 heteroatoms. The normalized spacial score (nSPS) is 12.4. The van der Waals surface area contributed by atoms with Crippen LogP contribution in [-0.4, -0.2) is 30.0 Å². The van der Waals surface area contributed by atoms with Crippen molar-refractivity contribution >= 4 is 17.7 Å². The van der Waals surface area contributed by atoms with Crippen LogP contribution < -0.4 is 0 Å². The average molecular weight is 226 g/mol. The van der Waals surface area contributed by atoms with E-state index in [1.165, 1.54) is 0 Å². The molecular weight excluding hydrogens is 212 g/mol. The van der Waals surface area contributed by atoms with Gasteiger partial charge in [0.2, 0.25) is 0 Å². The van der Waals surface area contributed by atoms with Crippen molar-refractivity contribution in [3.63, 3.8) is 0 Å². The van der Waals surface area contributed by atoms with Crippen LogP contribution in [0.4, 0.5) is 0 Å². The van der Waals surface area contributed by atoms with Crippen molar-refractivity contribution in [2.45, 2.75) is 17.9 Å². The Labute approximate surface area is 93.4 Å². The third-order valence-corrected chi connectivity index (χ3v) is 3.23. The van der Waals surface area contributed by atoms with E-state index in [0.29, 0.717) is 5.56 Å². The van der Waals surface area contributed by atoms with Gasteiger partial charge in [-0.25, -0.2) is 4.79 Å². The van der Waals surface area contributed by atoms with Crippen LogP contribution in [0.2, 0.25) is 0 Å². The molecule has 1 rings (SSSR count). The lowest BCUT2D eigenvalue weighted by molar-refractivity contribution is 0.0697. The summed E-state index contributed by atoms with van der Waals surface area (Å²) in [5, 5.41) is 8.71. The lowest BCUT2D eigenvalue weighted by Gasteiger charge is -2.08. The van der Waals surface area contributed by atoms with Crippen LogP contribution in [0.1, 0.15) is 17.3 Å². The first kappa shape index (κ1) is 12.1. The van der Waals surface area contributed by atoms with Gasteiger partial charge in [-0.2, -0.15) is 0 Å². The Morgan fingerprint density at radius 3 is 2.53 bits per heavy atom. The first-order valence-electron chi connectivity index (χ1n) is 4.62. The fourth-order valence-electron chi connectivity index (χ4n) is 0.975. The van der Waals surface area contributed by atoms with E-state index in [0.717, 1.165) is 10.6 Å². The molecule has 82 valence electrons. The fraction of sp³-hybridized carbons (Fsp3) is 0.364. The van der Waals surface area contributed by atoms with E-state index >= 15 is 0 Å². The maximum atomic E-state index is 10.6. The van der Waals surface area contributed by atoms with Gasteiger partial charge in [0.1, 0.15) is 0 Å².